The fourth-order valence-electron chi connectivity index (χ4n) is 1.69. The Balaban J connectivity index is 2.07. The average Bonchev–Trinajstić information content (AvgIpc) is 2.79. The van der Waals surface area contributed by atoms with Crippen molar-refractivity contribution in [3.05, 3.63) is 16.3 Å². The number of aliphatic hydroxyl groups excluding tert-OH is 1. The lowest BCUT2D eigenvalue weighted by molar-refractivity contribution is 0.285. The Kier molecular flexibility index (Phi) is 4.48. The molecule has 0 atom stereocenters. The van der Waals surface area contributed by atoms with Crippen LogP contribution < -0.4 is 4.72 Å². The maximum absolute atomic E-state index is 12.0. The van der Waals surface area contributed by atoms with Gasteiger partial charge in [-0.2, -0.15) is 11.8 Å². The van der Waals surface area contributed by atoms with Crippen LogP contribution in [0, 0.1) is 0 Å². The molecule has 0 bridgehead atoms. The van der Waals surface area contributed by atoms with Gasteiger partial charge in [0.05, 0.1) is 11.5 Å². The molecule has 2 N–H and O–H groups in total. The van der Waals surface area contributed by atoms with Crippen molar-refractivity contribution < 1.29 is 13.5 Å². The Labute approximate surface area is 109 Å². The second kappa shape index (κ2) is 5.71. The lowest BCUT2D eigenvalue weighted by Crippen LogP contribution is -2.37. The van der Waals surface area contributed by atoms with Crippen molar-refractivity contribution in [3.63, 3.8) is 0 Å². The smallest absolute Gasteiger partial charge is 0.241 e. The minimum atomic E-state index is -3.41. The van der Waals surface area contributed by atoms with Gasteiger partial charge in [-0.3, -0.25) is 0 Å². The largest absolute Gasteiger partial charge is 0.391 e. The van der Waals surface area contributed by atoms with Gasteiger partial charge in [0.1, 0.15) is 0 Å². The fourth-order valence-corrected chi connectivity index (χ4v) is 5.23. The van der Waals surface area contributed by atoms with E-state index in [1.165, 1.54) is 17.4 Å². The predicted octanol–water partition coefficient (Wildman–Crippen LogP) is 1.41. The van der Waals surface area contributed by atoms with Crippen LogP contribution in [0.25, 0.3) is 0 Å². The third kappa shape index (κ3) is 3.45. The monoisotopic (exact) mass is 293 g/mol. The van der Waals surface area contributed by atoms with Gasteiger partial charge in [0.2, 0.25) is 10.0 Å². The molecule has 0 spiro atoms. The molecule has 0 saturated carbocycles. The van der Waals surface area contributed by atoms with Crippen molar-refractivity contribution >= 4 is 33.1 Å². The molecule has 1 aromatic rings. The summed E-state index contributed by atoms with van der Waals surface area (Å²) in [5.41, 5.74) is 0. The lowest BCUT2D eigenvalue weighted by Gasteiger charge is -2.21. The Morgan fingerprint density at radius 1 is 1.41 bits per heavy atom. The summed E-state index contributed by atoms with van der Waals surface area (Å²) in [5, 5.41) is 10.5. The van der Waals surface area contributed by atoms with Gasteiger partial charge >= 0.3 is 0 Å². The number of sulfonamides is 1. The van der Waals surface area contributed by atoms with E-state index in [1.807, 2.05) is 11.8 Å². The first-order chi connectivity index (χ1) is 8.12. The Morgan fingerprint density at radius 2 is 2.12 bits per heavy atom. The van der Waals surface area contributed by atoms with Crippen molar-refractivity contribution in [2.24, 2.45) is 0 Å². The summed E-state index contributed by atoms with van der Waals surface area (Å²) in [6, 6.07) is 1.59. The van der Waals surface area contributed by atoms with E-state index < -0.39 is 10.0 Å². The molecule has 1 fully saturated rings. The molecule has 0 unspecified atom stereocenters. The number of rotatable bonds is 4. The third-order valence-electron chi connectivity index (χ3n) is 2.64. The normalized spacial score (nSPS) is 18.4. The molecular weight excluding hydrogens is 278 g/mol. The maximum atomic E-state index is 12.0. The van der Waals surface area contributed by atoms with Gasteiger partial charge < -0.3 is 5.11 Å². The van der Waals surface area contributed by atoms with E-state index in [1.54, 1.807) is 5.38 Å². The van der Waals surface area contributed by atoms with Crippen molar-refractivity contribution in [3.8, 4) is 0 Å². The lowest BCUT2D eigenvalue weighted by atomic mass is 10.2. The molecule has 4 nitrogen and oxygen atoms in total. The SMILES string of the molecule is O=S(=O)(NC1CCSCC1)c1csc(CO)c1. The molecule has 96 valence electrons. The molecule has 2 rings (SSSR count). The van der Waals surface area contributed by atoms with Gasteiger partial charge in [-0.05, 0) is 30.4 Å². The average molecular weight is 293 g/mol. The summed E-state index contributed by atoms with van der Waals surface area (Å²) in [4.78, 5) is 0.939. The highest BCUT2D eigenvalue weighted by atomic mass is 32.2. The third-order valence-corrected chi connectivity index (χ3v) is 6.26. The van der Waals surface area contributed by atoms with E-state index in [0.29, 0.717) is 4.88 Å². The molecule has 0 amide bonds. The first-order valence-electron chi connectivity index (χ1n) is 5.40. The molecular formula is C10H15NO3S3. The number of hydrogen-bond acceptors (Lipinski definition) is 5. The van der Waals surface area contributed by atoms with E-state index in [9.17, 15) is 8.42 Å². The topological polar surface area (TPSA) is 66.4 Å². The summed E-state index contributed by atoms with van der Waals surface area (Å²) in [6.45, 7) is -0.111. The summed E-state index contributed by atoms with van der Waals surface area (Å²) in [7, 11) is -3.41. The zero-order valence-electron chi connectivity index (χ0n) is 9.26. The molecule has 0 aliphatic carbocycles. The van der Waals surface area contributed by atoms with Gasteiger partial charge in [-0.15, -0.1) is 11.3 Å². The highest BCUT2D eigenvalue weighted by molar-refractivity contribution is 7.99. The molecule has 1 saturated heterocycles. The summed E-state index contributed by atoms with van der Waals surface area (Å²) in [6.07, 6.45) is 1.78. The van der Waals surface area contributed by atoms with Gasteiger partial charge in [0.15, 0.2) is 0 Å². The first kappa shape index (κ1) is 13.4. The molecule has 1 aliphatic heterocycles. The van der Waals surface area contributed by atoms with Crippen LogP contribution in [0.15, 0.2) is 16.3 Å². The number of aliphatic hydroxyl groups is 1. The van der Waals surface area contributed by atoms with Crippen molar-refractivity contribution in [1.82, 2.24) is 4.72 Å². The van der Waals surface area contributed by atoms with Crippen LogP contribution in [0.1, 0.15) is 17.7 Å². The van der Waals surface area contributed by atoms with Crippen LogP contribution in [0.5, 0.6) is 0 Å². The highest BCUT2D eigenvalue weighted by Gasteiger charge is 2.22. The molecule has 1 aromatic heterocycles. The van der Waals surface area contributed by atoms with E-state index in [0.717, 1.165) is 24.3 Å². The predicted molar refractivity (Wildman–Crippen MR) is 70.9 cm³/mol. The number of hydrogen-bond donors (Lipinski definition) is 2. The molecule has 0 aromatic carbocycles. The minimum Gasteiger partial charge on any atom is -0.391 e. The zero-order chi connectivity index (χ0) is 12.3. The standard InChI is InChI=1S/C10H15NO3S3/c12-6-9-5-10(7-16-9)17(13,14)11-8-1-3-15-4-2-8/h5,7-8,11-12H,1-4,6H2. The zero-order valence-corrected chi connectivity index (χ0v) is 11.7. The maximum Gasteiger partial charge on any atom is 0.241 e. The molecule has 17 heavy (non-hydrogen) atoms. The molecule has 0 radical (unpaired) electrons. The number of thiophene rings is 1. The van der Waals surface area contributed by atoms with Crippen LogP contribution in [-0.2, 0) is 16.6 Å². The van der Waals surface area contributed by atoms with Gasteiger partial charge in [-0.25, -0.2) is 13.1 Å². The van der Waals surface area contributed by atoms with Crippen molar-refractivity contribution in [2.75, 3.05) is 11.5 Å². The quantitative estimate of drug-likeness (QED) is 0.881. The van der Waals surface area contributed by atoms with Gasteiger partial charge in [-0.1, -0.05) is 0 Å². The van der Waals surface area contributed by atoms with Gasteiger partial charge in [0, 0.05) is 16.3 Å². The van der Waals surface area contributed by atoms with Crippen LogP contribution in [0.4, 0.5) is 0 Å². The minimum absolute atomic E-state index is 0.0544. The van der Waals surface area contributed by atoms with Gasteiger partial charge in [0.25, 0.3) is 0 Å². The van der Waals surface area contributed by atoms with Crippen LogP contribution in [0.3, 0.4) is 0 Å². The van der Waals surface area contributed by atoms with Crippen molar-refractivity contribution in [1.29, 1.82) is 0 Å². The fraction of sp³-hybridized carbons (Fsp3) is 0.600. The van der Waals surface area contributed by atoms with Crippen LogP contribution in [0.2, 0.25) is 0 Å². The molecule has 7 heteroatoms. The van der Waals surface area contributed by atoms with E-state index in [2.05, 4.69) is 4.72 Å². The number of nitrogens with one attached hydrogen (secondary N) is 1. The van der Waals surface area contributed by atoms with Crippen LogP contribution >= 0.6 is 23.1 Å². The first-order valence-corrected chi connectivity index (χ1v) is 8.92. The van der Waals surface area contributed by atoms with Crippen LogP contribution in [-0.4, -0.2) is 31.1 Å². The van der Waals surface area contributed by atoms with Crippen molar-refractivity contribution in [2.45, 2.75) is 30.4 Å². The Hall–Kier alpha value is -0.0800. The summed E-state index contributed by atoms with van der Waals surface area (Å²) in [5.74, 6) is 2.03. The highest BCUT2D eigenvalue weighted by Crippen LogP contribution is 2.22. The Bertz CT molecular complexity index is 463. The summed E-state index contributed by atoms with van der Waals surface area (Å²) < 4.78 is 26.8. The summed E-state index contributed by atoms with van der Waals surface area (Å²) >= 11 is 3.13. The Morgan fingerprint density at radius 3 is 2.71 bits per heavy atom. The number of thioether (sulfide) groups is 1. The van der Waals surface area contributed by atoms with E-state index in [4.69, 9.17) is 5.11 Å². The second-order valence-corrected chi connectivity index (χ2v) is 7.85. The van der Waals surface area contributed by atoms with E-state index in [-0.39, 0.29) is 17.5 Å². The van der Waals surface area contributed by atoms with E-state index >= 15 is 0 Å². The molecule has 1 aliphatic rings. The second-order valence-electron chi connectivity index (χ2n) is 3.91. The molecule has 2 heterocycles.